The Kier molecular flexibility index (Phi) is 92.2. The van der Waals surface area contributed by atoms with Gasteiger partial charge in [-0.25, -0.2) is 0 Å². The fourth-order valence-electron chi connectivity index (χ4n) is 0. The molecule has 0 saturated carbocycles. The van der Waals surface area contributed by atoms with E-state index in [2.05, 4.69) is 24.9 Å². The van der Waals surface area contributed by atoms with Crippen LogP contribution in [0.2, 0.25) is 0 Å². The van der Waals surface area contributed by atoms with Gasteiger partial charge in [0, 0.05) is 34.1 Å². The number of hydrogen-bond acceptors (Lipinski definition) is 1. The molecule has 0 aromatic heterocycles. The summed E-state index contributed by atoms with van der Waals surface area (Å²) in [5, 5.41) is 0. The SMILES string of the molecule is [Cu].[Cu].[S]=[Cu]. The van der Waals surface area contributed by atoms with Crippen molar-refractivity contribution in [3.05, 3.63) is 0 Å². The van der Waals surface area contributed by atoms with Crippen molar-refractivity contribution in [2.24, 2.45) is 0 Å². The van der Waals surface area contributed by atoms with E-state index in [0.717, 1.165) is 0 Å². The summed E-state index contributed by atoms with van der Waals surface area (Å²) in [5.41, 5.74) is 0. The quantitative estimate of drug-likeness (QED) is 0.543. The second-order valence-corrected chi connectivity index (χ2v) is 0. The average Bonchev–Trinajstić information content (AvgIpc) is 1.00. The van der Waals surface area contributed by atoms with Crippen LogP contribution in [0.3, 0.4) is 0 Å². The van der Waals surface area contributed by atoms with Crippen molar-refractivity contribution >= 4 is 10.6 Å². The van der Waals surface area contributed by atoms with Crippen LogP contribution in [-0.4, -0.2) is 0 Å². The molecule has 0 heterocycles. The molecule has 0 aliphatic heterocycles. The van der Waals surface area contributed by atoms with Crippen LogP contribution in [0.5, 0.6) is 0 Å². The van der Waals surface area contributed by atoms with Crippen molar-refractivity contribution in [3.8, 4) is 0 Å². The topological polar surface area (TPSA) is 0 Å². The first-order valence-corrected chi connectivity index (χ1v) is 1.52. The van der Waals surface area contributed by atoms with Gasteiger partial charge in [-0.3, -0.25) is 0 Å². The van der Waals surface area contributed by atoms with E-state index in [1.165, 1.54) is 0 Å². The first kappa shape index (κ1) is 17.1. The molecule has 0 saturated heterocycles. The molecule has 0 rings (SSSR count). The van der Waals surface area contributed by atoms with Gasteiger partial charge in [-0.1, -0.05) is 0 Å². The molecule has 0 nitrogen and oxygen atoms in total. The van der Waals surface area contributed by atoms with Crippen molar-refractivity contribution in [2.45, 2.75) is 0 Å². The first-order chi connectivity index (χ1) is 1.00. The molecular formula is Cu3S. The summed E-state index contributed by atoms with van der Waals surface area (Å²) in [6, 6.07) is 0. The summed E-state index contributed by atoms with van der Waals surface area (Å²) in [7, 11) is 3.65. The summed E-state index contributed by atoms with van der Waals surface area (Å²) in [6.45, 7) is 0. The zero-order valence-electron chi connectivity index (χ0n) is 1.31. The normalized spacial score (nSPS) is 1.50. The third-order valence-corrected chi connectivity index (χ3v) is 0. The maximum absolute atomic E-state index is 3.77. The summed E-state index contributed by atoms with van der Waals surface area (Å²) in [5.74, 6) is 0. The Morgan fingerprint density at radius 2 is 1.00 bits per heavy atom. The molecule has 4 heavy (non-hydrogen) atoms. The number of rotatable bonds is 0. The van der Waals surface area contributed by atoms with Gasteiger partial charge < -0.3 is 0 Å². The van der Waals surface area contributed by atoms with E-state index in [4.69, 9.17) is 0 Å². The van der Waals surface area contributed by atoms with Crippen LogP contribution in [0.1, 0.15) is 0 Å². The van der Waals surface area contributed by atoms with Gasteiger partial charge in [0.1, 0.15) is 0 Å². The van der Waals surface area contributed by atoms with Crippen molar-refractivity contribution in [3.63, 3.8) is 0 Å². The van der Waals surface area contributed by atoms with Gasteiger partial charge in [0.25, 0.3) is 0 Å². The van der Waals surface area contributed by atoms with E-state index >= 15 is 0 Å². The van der Waals surface area contributed by atoms with Crippen LogP contribution >= 0.6 is 10.6 Å². The van der Waals surface area contributed by atoms with Crippen LogP contribution in [0.25, 0.3) is 0 Å². The standard InChI is InChI=1S/3Cu.S. The van der Waals surface area contributed by atoms with Crippen molar-refractivity contribution in [1.29, 1.82) is 0 Å². The first-order valence-electron chi connectivity index (χ1n) is 0.123. The summed E-state index contributed by atoms with van der Waals surface area (Å²) < 4.78 is 0. The predicted molar refractivity (Wildman–Crippen MR) is 7.59 cm³/mol. The van der Waals surface area contributed by atoms with Gasteiger partial charge in [0.15, 0.2) is 0 Å². The Hall–Kier alpha value is 1.78. The van der Waals surface area contributed by atoms with Crippen LogP contribution in [-0.2, 0) is 48.5 Å². The molecule has 0 bridgehead atoms. The van der Waals surface area contributed by atoms with E-state index in [9.17, 15) is 0 Å². The monoisotopic (exact) mass is 221 g/mol. The molecule has 0 aliphatic rings. The average molecular weight is 223 g/mol. The van der Waals surface area contributed by atoms with Gasteiger partial charge in [-0.05, 0) is 0 Å². The molecule has 0 fully saturated rings. The van der Waals surface area contributed by atoms with E-state index in [0.29, 0.717) is 0 Å². The predicted octanol–water partition coefficient (Wildman–Crippen LogP) is 0.641. The fraction of sp³-hybridized carbons (Fsp3) is 0. The van der Waals surface area contributed by atoms with Crippen LogP contribution < -0.4 is 0 Å². The number of hydrogen-bond donors (Lipinski definition) is 0. The van der Waals surface area contributed by atoms with Gasteiger partial charge in [-0.2, -0.15) is 0 Å². The molecule has 0 aliphatic carbocycles. The fourth-order valence-corrected chi connectivity index (χ4v) is 0. The van der Waals surface area contributed by atoms with Gasteiger partial charge >= 0.3 is 24.9 Å². The summed E-state index contributed by atoms with van der Waals surface area (Å²) in [4.78, 5) is 0. The van der Waals surface area contributed by atoms with Crippen LogP contribution in [0.15, 0.2) is 0 Å². The second kappa shape index (κ2) is 21.6. The van der Waals surface area contributed by atoms with Crippen LogP contribution in [0, 0.1) is 0 Å². The van der Waals surface area contributed by atoms with Gasteiger partial charge in [0.2, 0.25) is 0 Å². The van der Waals surface area contributed by atoms with E-state index in [-0.39, 0.29) is 34.1 Å². The molecular weight excluding hydrogens is 223 g/mol. The molecule has 39 valence electrons. The van der Waals surface area contributed by atoms with E-state index < -0.39 is 0 Å². The second-order valence-electron chi connectivity index (χ2n) is 0. The zero-order valence-corrected chi connectivity index (χ0v) is 4.95. The third kappa shape index (κ3) is 9.22. The minimum atomic E-state index is 0. The molecule has 0 atom stereocenters. The van der Waals surface area contributed by atoms with E-state index in [1.54, 1.807) is 0 Å². The summed E-state index contributed by atoms with van der Waals surface area (Å²) in [6.07, 6.45) is 0. The van der Waals surface area contributed by atoms with E-state index in [1.807, 2.05) is 0 Å². The van der Waals surface area contributed by atoms with Crippen LogP contribution in [0.4, 0.5) is 0 Å². The van der Waals surface area contributed by atoms with Gasteiger partial charge in [0.05, 0.1) is 0 Å². The molecule has 0 N–H and O–H groups in total. The molecule has 4 heteroatoms. The molecule has 0 unspecified atom stereocenters. The van der Waals surface area contributed by atoms with Gasteiger partial charge in [-0.15, -0.1) is 0 Å². The Labute approximate surface area is 58.7 Å². The molecule has 2 radical (unpaired) electrons. The third-order valence-electron chi connectivity index (χ3n) is 0. The van der Waals surface area contributed by atoms with Crippen molar-refractivity contribution in [2.75, 3.05) is 0 Å². The maximum atomic E-state index is 3.77. The molecule has 0 spiro atoms. The molecule has 0 aromatic rings. The van der Waals surface area contributed by atoms with Crippen molar-refractivity contribution < 1.29 is 48.5 Å². The zero-order chi connectivity index (χ0) is 2.00. The summed E-state index contributed by atoms with van der Waals surface area (Å²) >= 11 is 3.77. The Balaban J connectivity index is -0.00000000500. The molecule has 0 amide bonds. The van der Waals surface area contributed by atoms with Crippen molar-refractivity contribution in [1.82, 2.24) is 0 Å². The minimum absolute atomic E-state index is 0. The Bertz CT molecular complexity index is 3.25. The molecule has 0 aromatic carbocycles. The Morgan fingerprint density at radius 1 is 1.00 bits per heavy atom. The Morgan fingerprint density at radius 3 is 1.00 bits per heavy atom.